The van der Waals surface area contributed by atoms with Crippen molar-refractivity contribution in [2.75, 3.05) is 44.5 Å². The number of benzene rings is 2. The summed E-state index contributed by atoms with van der Waals surface area (Å²) < 4.78 is 11.7. The first kappa shape index (κ1) is 21.9. The van der Waals surface area contributed by atoms with E-state index in [1.165, 1.54) is 16.8 Å². The topological polar surface area (TPSA) is 37.3 Å². The molecule has 5 nitrogen and oxygen atoms in total. The van der Waals surface area contributed by atoms with Crippen LogP contribution in [0.25, 0.3) is 0 Å². The first-order chi connectivity index (χ1) is 15.3. The number of hydrazone groups is 1. The standard InChI is InChI=1S/C25H30ClN3O2/c1-2-30-16-8-14-28-15-13-23-21(17-29(27-23)24-12-7-6-11-22(24)26)25(28)19-31-18-20-9-4-3-5-10-20/h3-7,9-12H,2,8,13-19H2,1H3. The van der Waals surface area contributed by atoms with Gasteiger partial charge in [-0.25, -0.2) is 0 Å². The lowest BCUT2D eigenvalue weighted by Crippen LogP contribution is -2.36. The van der Waals surface area contributed by atoms with Crippen LogP contribution in [-0.2, 0) is 16.1 Å². The number of halogens is 1. The number of fused-ring (bicyclic) bond motifs is 1. The second-order valence-electron chi connectivity index (χ2n) is 7.75. The van der Waals surface area contributed by atoms with Gasteiger partial charge in [0.25, 0.3) is 0 Å². The largest absolute Gasteiger partial charge is 0.382 e. The summed E-state index contributed by atoms with van der Waals surface area (Å²) in [6.07, 6.45) is 1.94. The third-order valence-electron chi connectivity index (χ3n) is 5.65. The van der Waals surface area contributed by atoms with Crippen molar-refractivity contribution in [2.24, 2.45) is 5.10 Å². The molecule has 31 heavy (non-hydrogen) atoms. The monoisotopic (exact) mass is 439 g/mol. The fourth-order valence-corrected chi connectivity index (χ4v) is 4.31. The molecule has 2 aliphatic heterocycles. The van der Waals surface area contributed by atoms with Crippen LogP contribution >= 0.6 is 11.6 Å². The number of hydrogen-bond acceptors (Lipinski definition) is 5. The molecule has 0 atom stereocenters. The minimum atomic E-state index is 0.578. The van der Waals surface area contributed by atoms with Crippen LogP contribution in [0.15, 0.2) is 71.0 Å². The Bertz CT molecular complexity index is 929. The van der Waals surface area contributed by atoms with Gasteiger partial charge in [-0.1, -0.05) is 54.1 Å². The quantitative estimate of drug-likeness (QED) is 0.481. The first-order valence-electron chi connectivity index (χ1n) is 11.0. The summed E-state index contributed by atoms with van der Waals surface area (Å²) in [6.45, 7) is 7.41. The van der Waals surface area contributed by atoms with Crippen molar-refractivity contribution in [1.29, 1.82) is 0 Å². The zero-order valence-corrected chi connectivity index (χ0v) is 18.9. The van der Waals surface area contributed by atoms with Gasteiger partial charge in [-0.2, -0.15) is 5.10 Å². The number of para-hydroxylation sites is 1. The van der Waals surface area contributed by atoms with E-state index in [1.807, 2.05) is 54.4 Å². The maximum Gasteiger partial charge on any atom is 0.0873 e. The third kappa shape index (κ3) is 5.48. The van der Waals surface area contributed by atoms with Crippen LogP contribution in [0.2, 0.25) is 5.02 Å². The van der Waals surface area contributed by atoms with Crippen LogP contribution in [0, 0.1) is 0 Å². The highest BCUT2D eigenvalue weighted by molar-refractivity contribution is 6.33. The van der Waals surface area contributed by atoms with E-state index < -0.39 is 0 Å². The van der Waals surface area contributed by atoms with Gasteiger partial charge in [0, 0.05) is 44.0 Å². The number of hydrogen-bond donors (Lipinski definition) is 0. The van der Waals surface area contributed by atoms with Crippen molar-refractivity contribution >= 4 is 23.0 Å². The Morgan fingerprint density at radius 1 is 1.00 bits per heavy atom. The molecule has 2 aliphatic rings. The minimum absolute atomic E-state index is 0.578. The van der Waals surface area contributed by atoms with Gasteiger partial charge in [-0.15, -0.1) is 0 Å². The van der Waals surface area contributed by atoms with Crippen molar-refractivity contribution < 1.29 is 9.47 Å². The molecule has 6 heteroatoms. The van der Waals surface area contributed by atoms with Gasteiger partial charge in [0.2, 0.25) is 0 Å². The van der Waals surface area contributed by atoms with E-state index in [0.717, 1.165) is 62.1 Å². The van der Waals surface area contributed by atoms with Crippen molar-refractivity contribution in [3.05, 3.63) is 76.5 Å². The molecule has 2 heterocycles. The molecule has 0 radical (unpaired) electrons. The van der Waals surface area contributed by atoms with Gasteiger partial charge in [0.1, 0.15) is 0 Å². The lowest BCUT2D eigenvalue weighted by molar-refractivity contribution is 0.110. The van der Waals surface area contributed by atoms with Gasteiger partial charge in [-0.3, -0.25) is 5.01 Å². The molecule has 0 N–H and O–H groups in total. The molecule has 2 aromatic carbocycles. The molecule has 0 aromatic heterocycles. The molecule has 164 valence electrons. The predicted octanol–water partition coefficient (Wildman–Crippen LogP) is 5.12. The molecule has 0 amide bonds. The number of rotatable bonds is 10. The Hall–Kier alpha value is -2.34. The summed E-state index contributed by atoms with van der Waals surface area (Å²) in [5.74, 6) is 0. The highest BCUT2D eigenvalue weighted by Crippen LogP contribution is 2.33. The van der Waals surface area contributed by atoms with Gasteiger partial charge < -0.3 is 14.4 Å². The zero-order chi connectivity index (χ0) is 21.5. The van der Waals surface area contributed by atoms with Crippen molar-refractivity contribution in [2.45, 2.75) is 26.4 Å². The molecular weight excluding hydrogens is 410 g/mol. The normalized spacial score (nSPS) is 16.0. The predicted molar refractivity (Wildman–Crippen MR) is 127 cm³/mol. The fourth-order valence-electron chi connectivity index (χ4n) is 4.07. The number of ether oxygens (including phenoxy) is 2. The van der Waals surface area contributed by atoms with Crippen LogP contribution in [0.4, 0.5) is 5.69 Å². The third-order valence-corrected chi connectivity index (χ3v) is 5.97. The summed E-state index contributed by atoms with van der Waals surface area (Å²) in [6, 6.07) is 18.2. The number of anilines is 1. The van der Waals surface area contributed by atoms with Crippen LogP contribution in [-0.4, -0.2) is 50.1 Å². The van der Waals surface area contributed by atoms with E-state index in [2.05, 4.69) is 17.0 Å². The molecule has 0 saturated carbocycles. The van der Waals surface area contributed by atoms with Crippen molar-refractivity contribution in [3.8, 4) is 0 Å². The van der Waals surface area contributed by atoms with E-state index >= 15 is 0 Å². The number of nitrogens with zero attached hydrogens (tertiary/aromatic N) is 3. The summed E-state index contributed by atoms with van der Waals surface area (Å²) in [7, 11) is 0. The summed E-state index contributed by atoms with van der Waals surface area (Å²) >= 11 is 6.44. The second kappa shape index (κ2) is 10.8. The lowest BCUT2D eigenvalue weighted by atomic mass is 10.0. The maximum absolute atomic E-state index is 6.44. The highest BCUT2D eigenvalue weighted by atomic mass is 35.5. The van der Waals surface area contributed by atoms with E-state index in [1.54, 1.807) is 0 Å². The summed E-state index contributed by atoms with van der Waals surface area (Å²) in [4.78, 5) is 2.45. The summed E-state index contributed by atoms with van der Waals surface area (Å²) in [5.41, 5.74) is 5.80. The molecule has 0 fully saturated rings. The Morgan fingerprint density at radius 3 is 2.61 bits per heavy atom. The Morgan fingerprint density at radius 2 is 1.81 bits per heavy atom. The Balaban J connectivity index is 1.51. The minimum Gasteiger partial charge on any atom is -0.382 e. The maximum atomic E-state index is 6.44. The highest BCUT2D eigenvalue weighted by Gasteiger charge is 2.31. The molecule has 0 bridgehead atoms. The molecule has 0 saturated heterocycles. The summed E-state index contributed by atoms with van der Waals surface area (Å²) in [5, 5.41) is 7.65. The molecular formula is C25H30ClN3O2. The molecule has 0 unspecified atom stereocenters. The van der Waals surface area contributed by atoms with Gasteiger partial charge >= 0.3 is 0 Å². The van der Waals surface area contributed by atoms with E-state index in [-0.39, 0.29) is 0 Å². The van der Waals surface area contributed by atoms with Gasteiger partial charge in [-0.05, 0) is 31.0 Å². The SMILES string of the molecule is CCOCCCN1CCC2=NN(c3ccccc3Cl)CC2=C1COCc1ccccc1. The zero-order valence-electron chi connectivity index (χ0n) is 18.1. The van der Waals surface area contributed by atoms with E-state index in [4.69, 9.17) is 26.2 Å². The van der Waals surface area contributed by atoms with Crippen LogP contribution in [0.5, 0.6) is 0 Å². The lowest BCUT2D eigenvalue weighted by Gasteiger charge is -2.33. The van der Waals surface area contributed by atoms with Gasteiger partial charge in [0.05, 0.1) is 36.2 Å². The second-order valence-corrected chi connectivity index (χ2v) is 8.15. The van der Waals surface area contributed by atoms with E-state index in [0.29, 0.717) is 13.2 Å². The molecule has 2 aromatic rings. The Labute approximate surface area is 189 Å². The average molecular weight is 440 g/mol. The van der Waals surface area contributed by atoms with Crippen LogP contribution in [0.3, 0.4) is 0 Å². The van der Waals surface area contributed by atoms with Crippen molar-refractivity contribution in [1.82, 2.24) is 4.90 Å². The fraction of sp³-hybridized carbons (Fsp3) is 0.400. The van der Waals surface area contributed by atoms with Gasteiger partial charge in [0.15, 0.2) is 0 Å². The Kier molecular flexibility index (Phi) is 7.62. The van der Waals surface area contributed by atoms with Crippen LogP contribution in [0.1, 0.15) is 25.3 Å². The molecule has 0 aliphatic carbocycles. The molecule has 0 spiro atoms. The average Bonchev–Trinajstić information content (AvgIpc) is 3.23. The van der Waals surface area contributed by atoms with Crippen LogP contribution < -0.4 is 5.01 Å². The van der Waals surface area contributed by atoms with E-state index in [9.17, 15) is 0 Å². The van der Waals surface area contributed by atoms with Crippen molar-refractivity contribution in [3.63, 3.8) is 0 Å². The molecule has 4 rings (SSSR count). The first-order valence-corrected chi connectivity index (χ1v) is 11.4. The smallest absolute Gasteiger partial charge is 0.0873 e.